The number of anilines is 2. The van der Waals surface area contributed by atoms with Gasteiger partial charge in [0.15, 0.2) is 0 Å². The van der Waals surface area contributed by atoms with Gasteiger partial charge in [0.1, 0.15) is 5.82 Å². The number of benzene rings is 1. The van der Waals surface area contributed by atoms with E-state index in [1.807, 2.05) is 0 Å². The van der Waals surface area contributed by atoms with Crippen LogP contribution in [-0.2, 0) is 0 Å². The number of halogens is 2. The highest BCUT2D eigenvalue weighted by Gasteiger charge is 2.16. The molecule has 1 atom stereocenters. The molecule has 0 aliphatic rings. The summed E-state index contributed by atoms with van der Waals surface area (Å²) in [6, 6.07) is 11.6. The minimum absolute atomic E-state index is 0.0310. The van der Waals surface area contributed by atoms with Crippen molar-refractivity contribution >= 4 is 23.2 Å². The molecule has 0 bridgehead atoms. The minimum atomic E-state index is -0.761. The molecule has 0 spiro atoms. The number of methoxy groups -OCH3 is 1. The largest absolute Gasteiger partial charge is 0.481 e. The number of nitrogens with one attached hydrogen (secondary N) is 1. The van der Waals surface area contributed by atoms with Crippen molar-refractivity contribution in [3.63, 3.8) is 0 Å². The van der Waals surface area contributed by atoms with Crippen LogP contribution < -0.4 is 15.6 Å². The van der Waals surface area contributed by atoms with Crippen LogP contribution in [0.5, 0.6) is 5.88 Å². The van der Waals surface area contributed by atoms with Crippen molar-refractivity contribution in [3.8, 4) is 17.1 Å². The molecule has 168 valence electrons. The Morgan fingerprint density at radius 3 is 2.70 bits per heavy atom. The fraction of sp³-hybridized carbons (Fsp3) is 0.130. The Bertz CT molecular complexity index is 1350. The Labute approximate surface area is 193 Å². The van der Waals surface area contributed by atoms with Crippen LogP contribution in [0.3, 0.4) is 0 Å². The molecule has 0 amide bonds. The Hall–Kier alpha value is -3.82. The summed E-state index contributed by atoms with van der Waals surface area (Å²) in [5.74, 6) is 0.152. The number of aromatic nitrogens is 4. The highest BCUT2D eigenvalue weighted by Crippen LogP contribution is 2.24. The minimum Gasteiger partial charge on any atom is -0.481 e. The van der Waals surface area contributed by atoms with E-state index in [1.54, 1.807) is 42.7 Å². The Kier molecular flexibility index (Phi) is 6.62. The van der Waals surface area contributed by atoms with E-state index >= 15 is 0 Å². The van der Waals surface area contributed by atoms with Gasteiger partial charge in [-0.25, -0.2) is 19.3 Å². The van der Waals surface area contributed by atoms with E-state index in [2.05, 4.69) is 20.3 Å². The van der Waals surface area contributed by atoms with Crippen LogP contribution in [0.4, 0.5) is 16.0 Å². The average Bonchev–Trinajstić information content (AvgIpc) is 2.83. The fourth-order valence-corrected chi connectivity index (χ4v) is 3.41. The lowest BCUT2D eigenvalue weighted by Crippen LogP contribution is -2.27. The first-order chi connectivity index (χ1) is 16.0. The van der Waals surface area contributed by atoms with Crippen LogP contribution >= 0.6 is 11.6 Å². The van der Waals surface area contributed by atoms with Gasteiger partial charge in [0, 0.05) is 42.0 Å². The molecule has 0 radical (unpaired) electrons. The van der Waals surface area contributed by atoms with E-state index in [0.717, 1.165) is 0 Å². The quantitative estimate of drug-likeness (QED) is 0.426. The van der Waals surface area contributed by atoms with Gasteiger partial charge >= 0.3 is 0 Å². The summed E-state index contributed by atoms with van der Waals surface area (Å²) >= 11 is 5.74. The van der Waals surface area contributed by atoms with Gasteiger partial charge in [0.05, 0.1) is 30.5 Å². The molecule has 0 aliphatic carbocycles. The topological polar surface area (TPSA) is 102 Å². The number of hydrogen-bond acceptors (Lipinski definition) is 7. The molecule has 2 N–H and O–H groups in total. The maximum absolute atomic E-state index is 13.9. The van der Waals surface area contributed by atoms with E-state index in [0.29, 0.717) is 34.3 Å². The lowest BCUT2D eigenvalue weighted by Gasteiger charge is -2.18. The summed E-state index contributed by atoms with van der Waals surface area (Å²) in [6.45, 7) is -0.392. The van der Waals surface area contributed by atoms with Crippen molar-refractivity contribution < 1.29 is 14.2 Å². The van der Waals surface area contributed by atoms with Gasteiger partial charge in [-0.15, -0.1) is 0 Å². The monoisotopic (exact) mass is 467 g/mol. The molecule has 0 saturated carbocycles. The third-order valence-electron chi connectivity index (χ3n) is 4.94. The molecule has 4 aromatic rings. The van der Waals surface area contributed by atoms with E-state index < -0.39 is 18.5 Å². The van der Waals surface area contributed by atoms with Gasteiger partial charge in [-0.2, -0.15) is 0 Å². The second-order valence-electron chi connectivity index (χ2n) is 7.01. The molecule has 1 unspecified atom stereocenters. The van der Waals surface area contributed by atoms with Crippen LogP contribution in [-0.4, -0.2) is 38.3 Å². The van der Waals surface area contributed by atoms with Crippen LogP contribution in [0, 0.1) is 5.82 Å². The lowest BCUT2D eigenvalue weighted by molar-refractivity contribution is 0.247. The smallest absolute Gasteiger partial charge is 0.251 e. The molecule has 10 heteroatoms. The first-order valence-corrected chi connectivity index (χ1v) is 10.2. The van der Waals surface area contributed by atoms with Gasteiger partial charge in [-0.3, -0.25) is 4.79 Å². The summed E-state index contributed by atoms with van der Waals surface area (Å²) in [5.41, 5.74) is 1.82. The molecule has 8 nitrogen and oxygen atoms in total. The van der Waals surface area contributed by atoms with Crippen molar-refractivity contribution in [2.45, 2.75) is 6.04 Å². The molecule has 3 heterocycles. The Morgan fingerprint density at radius 1 is 1.15 bits per heavy atom. The molecule has 33 heavy (non-hydrogen) atoms. The van der Waals surface area contributed by atoms with Gasteiger partial charge in [-0.05, 0) is 35.9 Å². The van der Waals surface area contributed by atoms with Crippen molar-refractivity contribution in [2.75, 3.05) is 19.0 Å². The summed E-state index contributed by atoms with van der Waals surface area (Å²) in [5, 5.41) is 12.9. The van der Waals surface area contributed by atoms with Crippen LogP contribution in [0.2, 0.25) is 5.02 Å². The molecule has 4 rings (SSSR count). The molecule has 0 fully saturated rings. The van der Waals surface area contributed by atoms with E-state index in [9.17, 15) is 14.3 Å². The molecular formula is C23H19ClFN5O3. The van der Waals surface area contributed by atoms with Crippen molar-refractivity contribution in [2.24, 2.45) is 0 Å². The first-order valence-electron chi connectivity index (χ1n) is 9.87. The van der Waals surface area contributed by atoms with Crippen LogP contribution in [0.25, 0.3) is 11.3 Å². The number of aliphatic hydroxyl groups excluding tert-OH is 1. The highest BCUT2D eigenvalue weighted by atomic mass is 35.5. The second kappa shape index (κ2) is 9.76. The number of ether oxygens (including phenoxy) is 1. The standard InChI is InChI=1S/C23H19ClFN5O3/c1-33-21-12-16(4-7-26-21)28-23-27-8-5-19(29-23)14-6-9-30(22(32)11-14)20(13-31)15-2-3-17(24)18(25)10-15/h2-12,20,31H,13H2,1H3,(H,26,27,28,29). The lowest BCUT2D eigenvalue weighted by atomic mass is 10.1. The van der Waals surface area contributed by atoms with Crippen molar-refractivity contribution in [1.82, 2.24) is 19.5 Å². The van der Waals surface area contributed by atoms with Gasteiger partial charge in [-0.1, -0.05) is 17.7 Å². The van der Waals surface area contributed by atoms with Gasteiger partial charge < -0.3 is 19.7 Å². The molecule has 0 aliphatic heterocycles. The Morgan fingerprint density at radius 2 is 1.97 bits per heavy atom. The zero-order valence-corrected chi connectivity index (χ0v) is 18.2. The third-order valence-corrected chi connectivity index (χ3v) is 5.24. The average molecular weight is 468 g/mol. The number of nitrogens with zero attached hydrogens (tertiary/aromatic N) is 4. The van der Waals surface area contributed by atoms with Crippen molar-refractivity contribution in [1.29, 1.82) is 0 Å². The van der Waals surface area contributed by atoms with E-state index in [4.69, 9.17) is 16.3 Å². The maximum atomic E-state index is 13.9. The fourth-order valence-electron chi connectivity index (χ4n) is 3.29. The second-order valence-corrected chi connectivity index (χ2v) is 7.42. The first kappa shape index (κ1) is 22.4. The predicted octanol–water partition coefficient (Wildman–Crippen LogP) is 3.83. The Balaban J connectivity index is 1.61. The van der Waals surface area contributed by atoms with Gasteiger partial charge in [0.2, 0.25) is 11.8 Å². The summed E-state index contributed by atoms with van der Waals surface area (Å²) < 4.78 is 20.3. The summed E-state index contributed by atoms with van der Waals surface area (Å²) in [7, 11) is 1.52. The molecule has 0 saturated heterocycles. The SMILES string of the molecule is COc1cc(Nc2nccc(-c3ccn(C(CO)c4ccc(Cl)c(F)c4)c(=O)c3)n2)ccn1. The highest BCUT2D eigenvalue weighted by molar-refractivity contribution is 6.30. The summed E-state index contributed by atoms with van der Waals surface area (Å²) in [6.07, 6.45) is 4.70. The predicted molar refractivity (Wildman–Crippen MR) is 122 cm³/mol. The molecular weight excluding hydrogens is 449 g/mol. The van der Waals surface area contributed by atoms with E-state index in [-0.39, 0.29) is 10.6 Å². The third kappa shape index (κ3) is 5.00. The van der Waals surface area contributed by atoms with Crippen molar-refractivity contribution in [3.05, 3.63) is 93.9 Å². The molecule has 3 aromatic heterocycles. The maximum Gasteiger partial charge on any atom is 0.251 e. The van der Waals surface area contributed by atoms with Crippen LogP contribution in [0.15, 0.2) is 71.9 Å². The number of hydrogen-bond donors (Lipinski definition) is 2. The van der Waals surface area contributed by atoms with Crippen LogP contribution in [0.1, 0.15) is 11.6 Å². The van der Waals surface area contributed by atoms with E-state index in [1.165, 1.54) is 36.1 Å². The molecule has 1 aromatic carbocycles. The zero-order valence-electron chi connectivity index (χ0n) is 17.4. The normalized spacial score (nSPS) is 11.8. The zero-order chi connectivity index (χ0) is 23.4. The number of aliphatic hydroxyl groups is 1. The number of rotatable bonds is 7. The van der Waals surface area contributed by atoms with Gasteiger partial charge in [0.25, 0.3) is 5.56 Å². The number of pyridine rings is 2. The summed E-state index contributed by atoms with van der Waals surface area (Å²) in [4.78, 5) is 25.6.